The number of benzene rings is 1. The van der Waals surface area contributed by atoms with E-state index in [4.69, 9.17) is 9.84 Å². The van der Waals surface area contributed by atoms with Gasteiger partial charge in [0.2, 0.25) is 0 Å². The third-order valence-corrected chi connectivity index (χ3v) is 2.56. The van der Waals surface area contributed by atoms with Crippen molar-refractivity contribution in [3.63, 3.8) is 0 Å². The van der Waals surface area contributed by atoms with Crippen molar-refractivity contribution < 1.29 is 23.4 Å². The minimum absolute atomic E-state index is 0.0606. The van der Waals surface area contributed by atoms with Crippen LogP contribution in [0.5, 0.6) is 5.75 Å². The van der Waals surface area contributed by atoms with Crippen molar-refractivity contribution in [1.82, 2.24) is 4.98 Å². The zero-order valence-corrected chi connectivity index (χ0v) is 10.6. The van der Waals surface area contributed by atoms with Gasteiger partial charge in [0.05, 0.1) is 5.56 Å². The topological polar surface area (TPSA) is 59.4 Å². The summed E-state index contributed by atoms with van der Waals surface area (Å²) in [6, 6.07) is 3.21. The normalized spacial score (nSPS) is 10.3. The number of halogens is 2. The molecule has 0 saturated heterocycles. The van der Waals surface area contributed by atoms with Crippen LogP contribution in [0.4, 0.5) is 8.78 Å². The average molecular weight is 279 g/mol. The van der Waals surface area contributed by atoms with Crippen LogP contribution in [0.2, 0.25) is 0 Å². The van der Waals surface area contributed by atoms with Crippen molar-refractivity contribution in [2.75, 3.05) is 0 Å². The maximum Gasteiger partial charge on any atom is 0.335 e. The number of carbonyl (C=O) groups is 1. The number of aryl methyl sites for hydroxylation is 1. The number of aromatic nitrogens is 1. The van der Waals surface area contributed by atoms with Gasteiger partial charge in [0, 0.05) is 18.0 Å². The predicted molar refractivity (Wildman–Crippen MR) is 66.6 cm³/mol. The predicted octanol–water partition coefficient (Wildman–Crippen LogP) is 2.95. The highest BCUT2D eigenvalue weighted by Crippen LogP contribution is 2.24. The van der Waals surface area contributed by atoms with Gasteiger partial charge in [-0.15, -0.1) is 0 Å². The first-order valence-corrected chi connectivity index (χ1v) is 5.73. The molecular weight excluding hydrogens is 268 g/mol. The molecule has 2 aromatic rings. The summed E-state index contributed by atoms with van der Waals surface area (Å²) in [6.45, 7) is 1.77. The van der Waals surface area contributed by atoms with E-state index in [1.165, 1.54) is 6.20 Å². The zero-order chi connectivity index (χ0) is 14.7. The monoisotopic (exact) mass is 279 g/mol. The number of hydrogen-bond acceptors (Lipinski definition) is 3. The van der Waals surface area contributed by atoms with E-state index in [9.17, 15) is 13.6 Å². The van der Waals surface area contributed by atoms with Crippen LogP contribution in [0.25, 0.3) is 0 Å². The van der Waals surface area contributed by atoms with E-state index < -0.39 is 28.9 Å². The molecule has 0 bridgehead atoms. The van der Waals surface area contributed by atoms with Gasteiger partial charge < -0.3 is 9.84 Å². The molecule has 1 N–H and O–H groups in total. The van der Waals surface area contributed by atoms with E-state index in [1.54, 1.807) is 12.3 Å². The van der Waals surface area contributed by atoms with E-state index in [2.05, 4.69) is 4.98 Å². The minimum Gasteiger partial charge on any atom is -0.483 e. The molecule has 104 valence electrons. The van der Waals surface area contributed by atoms with Crippen LogP contribution in [-0.2, 0) is 6.61 Å². The summed E-state index contributed by atoms with van der Waals surface area (Å²) in [5.41, 5.74) is 1.09. The number of hydrogen-bond donors (Lipinski definition) is 1. The van der Waals surface area contributed by atoms with Gasteiger partial charge in [0.25, 0.3) is 0 Å². The van der Waals surface area contributed by atoms with E-state index >= 15 is 0 Å². The molecule has 0 unspecified atom stereocenters. The third-order valence-electron chi connectivity index (χ3n) is 2.56. The Labute approximate surface area is 113 Å². The van der Waals surface area contributed by atoms with Crippen molar-refractivity contribution in [2.45, 2.75) is 13.5 Å². The number of carboxylic acids is 1. The van der Waals surface area contributed by atoms with Gasteiger partial charge in [-0.3, -0.25) is 4.98 Å². The Bertz CT molecular complexity index is 636. The van der Waals surface area contributed by atoms with Crippen LogP contribution in [-0.4, -0.2) is 16.1 Å². The van der Waals surface area contributed by atoms with Crippen molar-refractivity contribution in [3.8, 4) is 5.75 Å². The molecule has 0 amide bonds. The molecule has 2 rings (SSSR count). The highest BCUT2D eigenvalue weighted by molar-refractivity contribution is 5.87. The molecule has 0 spiro atoms. The van der Waals surface area contributed by atoms with Gasteiger partial charge in [-0.1, -0.05) is 0 Å². The number of pyridine rings is 1. The molecule has 0 aliphatic heterocycles. The van der Waals surface area contributed by atoms with Crippen molar-refractivity contribution in [3.05, 3.63) is 58.9 Å². The van der Waals surface area contributed by atoms with Crippen LogP contribution >= 0.6 is 0 Å². The zero-order valence-electron chi connectivity index (χ0n) is 10.6. The average Bonchev–Trinajstić information content (AvgIpc) is 2.37. The summed E-state index contributed by atoms with van der Waals surface area (Å²) in [7, 11) is 0. The maximum absolute atomic E-state index is 13.6. The van der Waals surface area contributed by atoms with Gasteiger partial charge in [0.1, 0.15) is 6.61 Å². The molecule has 20 heavy (non-hydrogen) atoms. The second-order valence-electron chi connectivity index (χ2n) is 4.23. The Kier molecular flexibility index (Phi) is 3.93. The van der Waals surface area contributed by atoms with E-state index in [-0.39, 0.29) is 6.61 Å². The van der Waals surface area contributed by atoms with E-state index in [0.717, 1.165) is 17.7 Å². The van der Waals surface area contributed by atoms with Gasteiger partial charge in [-0.05, 0) is 30.7 Å². The Balaban J connectivity index is 2.20. The smallest absolute Gasteiger partial charge is 0.335 e. The third kappa shape index (κ3) is 3.09. The Morgan fingerprint density at radius 1 is 1.25 bits per heavy atom. The van der Waals surface area contributed by atoms with Crippen molar-refractivity contribution in [1.29, 1.82) is 0 Å². The van der Waals surface area contributed by atoms with Gasteiger partial charge >= 0.3 is 5.97 Å². The number of ether oxygens (including phenoxy) is 1. The molecule has 0 fully saturated rings. The fourth-order valence-corrected chi connectivity index (χ4v) is 1.67. The first kappa shape index (κ1) is 13.9. The molecule has 0 radical (unpaired) electrons. The molecule has 1 heterocycles. The standard InChI is InChI=1S/C14H11F2NO3/c1-8-2-9(6-17-5-8)7-20-13-11(15)3-10(14(18)19)4-12(13)16/h2-6H,7H2,1H3,(H,18,19). The summed E-state index contributed by atoms with van der Waals surface area (Å²) in [5, 5.41) is 8.68. The largest absolute Gasteiger partial charge is 0.483 e. The lowest BCUT2D eigenvalue weighted by Crippen LogP contribution is -2.04. The fourth-order valence-electron chi connectivity index (χ4n) is 1.67. The fraction of sp³-hybridized carbons (Fsp3) is 0.143. The van der Waals surface area contributed by atoms with Gasteiger partial charge in [-0.2, -0.15) is 0 Å². The first-order chi connectivity index (χ1) is 9.47. The molecule has 1 aromatic heterocycles. The lowest BCUT2D eigenvalue weighted by Gasteiger charge is -2.09. The van der Waals surface area contributed by atoms with Crippen LogP contribution in [0.15, 0.2) is 30.6 Å². The number of nitrogens with zero attached hydrogens (tertiary/aromatic N) is 1. The quantitative estimate of drug-likeness (QED) is 0.934. The number of rotatable bonds is 4. The number of aromatic carboxylic acids is 1. The van der Waals surface area contributed by atoms with Gasteiger partial charge in [-0.25, -0.2) is 13.6 Å². The molecule has 0 aliphatic rings. The lowest BCUT2D eigenvalue weighted by atomic mass is 10.2. The van der Waals surface area contributed by atoms with E-state index in [1.807, 2.05) is 6.92 Å². The van der Waals surface area contributed by atoms with Crippen LogP contribution in [0, 0.1) is 18.6 Å². The maximum atomic E-state index is 13.6. The first-order valence-electron chi connectivity index (χ1n) is 5.73. The molecule has 1 aromatic carbocycles. The molecule has 0 atom stereocenters. The summed E-state index contributed by atoms with van der Waals surface area (Å²) >= 11 is 0. The highest BCUT2D eigenvalue weighted by atomic mass is 19.1. The Morgan fingerprint density at radius 3 is 2.45 bits per heavy atom. The summed E-state index contributed by atoms with van der Waals surface area (Å²) in [5.74, 6) is -4.11. The van der Waals surface area contributed by atoms with Crippen LogP contribution in [0.3, 0.4) is 0 Å². The molecule has 6 heteroatoms. The van der Waals surface area contributed by atoms with Crippen LogP contribution < -0.4 is 4.74 Å². The molecule has 0 aliphatic carbocycles. The Morgan fingerprint density at radius 2 is 1.90 bits per heavy atom. The molecule has 4 nitrogen and oxygen atoms in total. The summed E-state index contributed by atoms with van der Waals surface area (Å²) in [6.07, 6.45) is 3.17. The highest BCUT2D eigenvalue weighted by Gasteiger charge is 2.16. The second kappa shape index (κ2) is 5.64. The summed E-state index contributed by atoms with van der Waals surface area (Å²) < 4.78 is 32.3. The molecule has 0 saturated carbocycles. The van der Waals surface area contributed by atoms with Crippen molar-refractivity contribution in [2.24, 2.45) is 0 Å². The van der Waals surface area contributed by atoms with Crippen molar-refractivity contribution >= 4 is 5.97 Å². The molecular formula is C14H11F2NO3. The summed E-state index contributed by atoms with van der Waals surface area (Å²) in [4.78, 5) is 14.6. The Hall–Kier alpha value is -2.50. The second-order valence-corrected chi connectivity index (χ2v) is 4.23. The van der Waals surface area contributed by atoms with E-state index in [0.29, 0.717) is 5.56 Å². The van der Waals surface area contributed by atoms with Crippen LogP contribution in [0.1, 0.15) is 21.5 Å². The lowest BCUT2D eigenvalue weighted by molar-refractivity contribution is 0.0695. The van der Waals surface area contributed by atoms with Gasteiger partial charge in [0.15, 0.2) is 17.4 Å². The SMILES string of the molecule is Cc1cncc(COc2c(F)cc(C(=O)O)cc2F)c1. The number of carboxylic acid groups (broad SMARTS) is 1. The minimum atomic E-state index is -1.41.